The molecule has 8 nitrogen and oxygen atoms in total. The number of non-ortho nitro benzene ring substituents is 1. The van der Waals surface area contributed by atoms with E-state index in [1.165, 1.54) is 24.3 Å². The second-order valence-electron chi connectivity index (χ2n) is 5.48. The van der Waals surface area contributed by atoms with Crippen LogP contribution in [-0.4, -0.2) is 40.1 Å². The van der Waals surface area contributed by atoms with Crippen molar-refractivity contribution in [3.63, 3.8) is 0 Å². The molecule has 124 valence electrons. The van der Waals surface area contributed by atoms with Crippen LogP contribution in [0.2, 0.25) is 0 Å². The summed E-state index contributed by atoms with van der Waals surface area (Å²) in [4.78, 5) is 34.2. The van der Waals surface area contributed by atoms with Crippen LogP contribution in [0, 0.1) is 16.0 Å². The topological polar surface area (TPSA) is 110 Å². The third kappa shape index (κ3) is 4.94. The molecule has 1 aliphatic rings. The zero-order chi connectivity index (χ0) is 16.8. The van der Waals surface area contributed by atoms with Gasteiger partial charge in [-0.25, -0.2) is 4.79 Å². The number of carboxylic acids is 1. The zero-order valence-corrected chi connectivity index (χ0v) is 12.5. The fourth-order valence-corrected chi connectivity index (χ4v) is 2.53. The summed E-state index contributed by atoms with van der Waals surface area (Å²) < 4.78 is 5.19. The average molecular weight is 322 g/mol. The van der Waals surface area contributed by atoms with E-state index in [1.54, 1.807) is 4.90 Å². The SMILES string of the molecule is O=C(O)CCC1CCN(C(=O)Oc2ccc([N+](=O)[O-])cc2)CC1. The molecule has 1 aromatic rings. The first kappa shape index (κ1) is 16.7. The summed E-state index contributed by atoms with van der Waals surface area (Å²) in [5.74, 6) is -0.229. The maximum Gasteiger partial charge on any atom is 0.415 e. The van der Waals surface area contributed by atoms with Gasteiger partial charge >= 0.3 is 12.1 Å². The lowest BCUT2D eigenvalue weighted by molar-refractivity contribution is -0.384. The highest BCUT2D eigenvalue weighted by Gasteiger charge is 2.24. The minimum absolute atomic E-state index is 0.0657. The molecule has 0 saturated carbocycles. The lowest BCUT2D eigenvalue weighted by atomic mass is 9.92. The van der Waals surface area contributed by atoms with Crippen LogP contribution in [0.25, 0.3) is 0 Å². The first-order chi connectivity index (χ1) is 11.0. The number of hydrogen-bond donors (Lipinski definition) is 1. The molecule has 1 N–H and O–H groups in total. The van der Waals surface area contributed by atoms with Gasteiger partial charge in [-0.1, -0.05) is 0 Å². The van der Waals surface area contributed by atoms with Gasteiger partial charge in [-0.15, -0.1) is 0 Å². The molecule has 23 heavy (non-hydrogen) atoms. The summed E-state index contributed by atoms with van der Waals surface area (Å²) >= 11 is 0. The molecular formula is C15H18N2O6. The highest BCUT2D eigenvalue weighted by Crippen LogP contribution is 2.23. The molecule has 1 heterocycles. The highest BCUT2D eigenvalue weighted by molar-refractivity contribution is 5.71. The van der Waals surface area contributed by atoms with Crippen molar-refractivity contribution in [1.82, 2.24) is 4.90 Å². The number of ether oxygens (including phenoxy) is 1. The Morgan fingerprint density at radius 2 is 1.87 bits per heavy atom. The van der Waals surface area contributed by atoms with Crippen LogP contribution < -0.4 is 4.74 Å². The molecule has 1 aliphatic heterocycles. The molecule has 0 spiro atoms. The fraction of sp³-hybridized carbons (Fsp3) is 0.467. The number of carbonyl (C=O) groups excluding carboxylic acids is 1. The number of carbonyl (C=O) groups is 2. The predicted molar refractivity (Wildman–Crippen MR) is 80.3 cm³/mol. The smallest absolute Gasteiger partial charge is 0.415 e. The first-order valence-electron chi connectivity index (χ1n) is 7.38. The number of rotatable bonds is 5. The second kappa shape index (κ2) is 7.57. The molecule has 0 aliphatic carbocycles. The minimum Gasteiger partial charge on any atom is -0.481 e. The van der Waals surface area contributed by atoms with E-state index in [0.717, 1.165) is 12.8 Å². The third-order valence-corrected chi connectivity index (χ3v) is 3.89. The Labute approximate surface area is 132 Å². The number of nitrogens with zero attached hydrogens (tertiary/aromatic N) is 2. The first-order valence-corrected chi connectivity index (χ1v) is 7.38. The predicted octanol–water partition coefficient (Wildman–Crippen LogP) is 2.67. The van der Waals surface area contributed by atoms with Crippen LogP contribution in [0.15, 0.2) is 24.3 Å². The van der Waals surface area contributed by atoms with Gasteiger partial charge in [0.25, 0.3) is 5.69 Å². The summed E-state index contributed by atoms with van der Waals surface area (Å²) in [7, 11) is 0. The van der Waals surface area contributed by atoms with Crippen molar-refractivity contribution in [2.24, 2.45) is 5.92 Å². The number of likely N-dealkylation sites (tertiary alicyclic amines) is 1. The van der Waals surface area contributed by atoms with Crippen LogP contribution in [0.3, 0.4) is 0 Å². The van der Waals surface area contributed by atoms with E-state index in [-0.39, 0.29) is 17.9 Å². The van der Waals surface area contributed by atoms with E-state index < -0.39 is 17.0 Å². The van der Waals surface area contributed by atoms with Crippen molar-refractivity contribution in [1.29, 1.82) is 0 Å². The van der Waals surface area contributed by atoms with Gasteiger partial charge in [0.1, 0.15) is 5.75 Å². The van der Waals surface area contributed by atoms with E-state index in [0.29, 0.717) is 25.4 Å². The Morgan fingerprint density at radius 1 is 1.26 bits per heavy atom. The zero-order valence-electron chi connectivity index (χ0n) is 12.5. The van der Waals surface area contributed by atoms with Crippen molar-refractivity contribution >= 4 is 17.7 Å². The molecule has 8 heteroatoms. The normalized spacial score (nSPS) is 15.2. The quantitative estimate of drug-likeness (QED) is 0.659. The molecule has 1 amide bonds. The van der Waals surface area contributed by atoms with Gasteiger partial charge in [-0.2, -0.15) is 0 Å². The lowest BCUT2D eigenvalue weighted by Gasteiger charge is -2.31. The van der Waals surface area contributed by atoms with Crippen molar-refractivity contribution in [3.8, 4) is 5.75 Å². The van der Waals surface area contributed by atoms with E-state index in [9.17, 15) is 19.7 Å². The number of nitro benzene ring substituents is 1. The summed E-state index contributed by atoms with van der Waals surface area (Å²) in [5.41, 5.74) is -0.0657. The van der Waals surface area contributed by atoms with Gasteiger partial charge in [0.05, 0.1) is 4.92 Å². The highest BCUT2D eigenvalue weighted by atomic mass is 16.6. The number of benzene rings is 1. The maximum atomic E-state index is 12.0. The minimum atomic E-state index is -0.801. The van der Waals surface area contributed by atoms with E-state index in [2.05, 4.69) is 0 Å². The van der Waals surface area contributed by atoms with Crippen LogP contribution in [-0.2, 0) is 4.79 Å². The largest absolute Gasteiger partial charge is 0.481 e. The molecular weight excluding hydrogens is 304 g/mol. The number of amides is 1. The monoisotopic (exact) mass is 322 g/mol. The van der Waals surface area contributed by atoms with Crippen LogP contribution >= 0.6 is 0 Å². The maximum absolute atomic E-state index is 12.0. The molecule has 0 bridgehead atoms. The van der Waals surface area contributed by atoms with Crippen molar-refractivity contribution in [2.45, 2.75) is 25.7 Å². The van der Waals surface area contributed by atoms with Crippen LogP contribution in [0.1, 0.15) is 25.7 Å². The van der Waals surface area contributed by atoms with Gasteiger partial charge in [0, 0.05) is 31.6 Å². The van der Waals surface area contributed by atoms with Gasteiger partial charge in [0.15, 0.2) is 0 Å². The van der Waals surface area contributed by atoms with E-state index in [1.807, 2.05) is 0 Å². The van der Waals surface area contributed by atoms with Gasteiger partial charge in [-0.3, -0.25) is 14.9 Å². The summed E-state index contributed by atoms with van der Waals surface area (Å²) in [6.07, 6.45) is 1.79. The molecule has 1 fully saturated rings. The molecule has 1 aromatic carbocycles. The molecule has 0 radical (unpaired) electrons. The Balaban J connectivity index is 1.80. The number of aliphatic carboxylic acids is 1. The van der Waals surface area contributed by atoms with Crippen LogP contribution in [0.5, 0.6) is 5.75 Å². The number of hydrogen-bond acceptors (Lipinski definition) is 5. The van der Waals surface area contributed by atoms with Gasteiger partial charge in [0.2, 0.25) is 0 Å². The number of carboxylic acid groups (broad SMARTS) is 1. The van der Waals surface area contributed by atoms with Crippen molar-refractivity contribution in [3.05, 3.63) is 34.4 Å². The van der Waals surface area contributed by atoms with Crippen molar-refractivity contribution in [2.75, 3.05) is 13.1 Å². The molecule has 0 aromatic heterocycles. The summed E-state index contributed by atoms with van der Waals surface area (Å²) in [6.45, 7) is 1.05. The van der Waals surface area contributed by atoms with Gasteiger partial charge < -0.3 is 14.7 Å². The Morgan fingerprint density at radius 3 is 2.39 bits per heavy atom. The molecule has 2 rings (SSSR count). The summed E-state index contributed by atoms with van der Waals surface area (Å²) in [6, 6.07) is 5.33. The van der Waals surface area contributed by atoms with E-state index >= 15 is 0 Å². The summed E-state index contributed by atoms with van der Waals surface area (Å²) in [5, 5.41) is 19.2. The van der Waals surface area contributed by atoms with Gasteiger partial charge in [-0.05, 0) is 37.3 Å². The number of piperidine rings is 1. The van der Waals surface area contributed by atoms with Crippen molar-refractivity contribution < 1.29 is 24.4 Å². The Bertz CT molecular complexity index is 578. The lowest BCUT2D eigenvalue weighted by Crippen LogP contribution is -2.40. The second-order valence-corrected chi connectivity index (χ2v) is 5.48. The standard InChI is InChI=1S/C15H18N2O6/c18-14(19)6-1-11-7-9-16(10-8-11)15(20)23-13-4-2-12(3-5-13)17(21)22/h2-5,11H,1,6-10H2,(H,18,19). The fourth-order valence-electron chi connectivity index (χ4n) is 2.53. The number of nitro groups is 1. The average Bonchev–Trinajstić information content (AvgIpc) is 2.54. The third-order valence-electron chi connectivity index (χ3n) is 3.89. The Kier molecular flexibility index (Phi) is 5.51. The van der Waals surface area contributed by atoms with E-state index in [4.69, 9.17) is 9.84 Å². The van der Waals surface area contributed by atoms with Crippen LogP contribution in [0.4, 0.5) is 10.5 Å². The molecule has 0 unspecified atom stereocenters. The molecule has 0 atom stereocenters. The Hall–Kier alpha value is -2.64. The molecule has 1 saturated heterocycles.